The second kappa shape index (κ2) is 9.09. The van der Waals surface area contributed by atoms with Gasteiger partial charge in [0, 0.05) is 12.8 Å². The van der Waals surface area contributed by atoms with E-state index in [1.165, 1.54) is 0 Å². The number of carbonyl (C=O) groups excluding carboxylic acids is 3. The third-order valence-electron chi connectivity index (χ3n) is 2.59. The second-order valence-corrected chi connectivity index (χ2v) is 5.93. The lowest BCUT2D eigenvalue weighted by Crippen LogP contribution is -2.43. The lowest BCUT2D eigenvalue weighted by Gasteiger charge is -2.21. The summed E-state index contributed by atoms with van der Waals surface area (Å²) in [5.41, 5.74) is -0.612. The first-order chi connectivity index (χ1) is 10.5. The van der Waals surface area contributed by atoms with Gasteiger partial charge in [0.1, 0.15) is 11.6 Å². The molecule has 0 unspecified atom stereocenters. The van der Waals surface area contributed by atoms with E-state index in [-0.39, 0.29) is 17.9 Å². The summed E-state index contributed by atoms with van der Waals surface area (Å²) in [4.78, 5) is 42.5. The molecule has 1 saturated heterocycles. The van der Waals surface area contributed by atoms with Gasteiger partial charge in [-0.2, -0.15) is 5.06 Å². The average Bonchev–Trinajstić information content (AvgIpc) is 2.68. The van der Waals surface area contributed by atoms with Crippen LogP contribution in [0.1, 0.15) is 53.4 Å². The van der Waals surface area contributed by atoms with Crippen molar-refractivity contribution in [1.82, 2.24) is 10.4 Å². The summed E-state index contributed by atoms with van der Waals surface area (Å²) in [7, 11) is 0. The number of alkyl carbamates (subject to hydrolysis) is 1. The van der Waals surface area contributed by atoms with Gasteiger partial charge in [-0.05, 0) is 27.2 Å². The van der Waals surface area contributed by atoms with Gasteiger partial charge < -0.3 is 15.2 Å². The van der Waals surface area contributed by atoms with Crippen molar-refractivity contribution in [2.75, 3.05) is 0 Å². The molecule has 3 N–H and O–H groups in total. The molecule has 0 aromatic carbocycles. The third kappa shape index (κ3) is 8.77. The Morgan fingerprint density at radius 1 is 1.26 bits per heavy atom. The molecular formula is C14H24N2O7. The molecule has 3 amide bonds. The van der Waals surface area contributed by atoms with Crippen LogP contribution in [0.3, 0.4) is 0 Å². The van der Waals surface area contributed by atoms with Crippen LogP contribution in [0.25, 0.3) is 0 Å². The molecule has 1 fully saturated rings. The van der Waals surface area contributed by atoms with E-state index in [4.69, 9.17) is 15.1 Å². The molecule has 0 aromatic rings. The van der Waals surface area contributed by atoms with E-state index in [0.29, 0.717) is 12.8 Å². The summed E-state index contributed by atoms with van der Waals surface area (Å²) in [5, 5.41) is 19.7. The third-order valence-corrected chi connectivity index (χ3v) is 2.59. The van der Waals surface area contributed by atoms with Gasteiger partial charge in [-0.25, -0.2) is 9.59 Å². The van der Waals surface area contributed by atoms with Crippen molar-refractivity contribution in [3.8, 4) is 0 Å². The Hall–Kier alpha value is -2.16. The zero-order valence-corrected chi connectivity index (χ0v) is 13.8. The first-order valence-electron chi connectivity index (χ1n) is 7.25. The highest BCUT2D eigenvalue weighted by atomic mass is 16.6. The smallest absolute Gasteiger partial charge is 0.408 e. The normalized spacial score (nSPS) is 15.6. The van der Waals surface area contributed by atoms with Crippen molar-refractivity contribution in [3.05, 3.63) is 0 Å². The van der Waals surface area contributed by atoms with Crippen molar-refractivity contribution in [1.29, 1.82) is 0 Å². The van der Waals surface area contributed by atoms with Crippen LogP contribution in [-0.2, 0) is 19.1 Å². The number of aliphatic carboxylic acids is 1. The maximum atomic E-state index is 11.3. The SMILES string of the molecule is CCC[C@H](NC(=O)OC(C)(C)C)C(=O)O.O=C1CCC(=O)N1O. The summed E-state index contributed by atoms with van der Waals surface area (Å²) in [6.07, 6.45) is 0.690. The summed E-state index contributed by atoms with van der Waals surface area (Å²) in [6.45, 7) is 7.03. The van der Waals surface area contributed by atoms with E-state index >= 15 is 0 Å². The minimum Gasteiger partial charge on any atom is -0.480 e. The lowest BCUT2D eigenvalue weighted by atomic mass is 10.2. The minimum atomic E-state index is -1.04. The van der Waals surface area contributed by atoms with E-state index < -0.39 is 35.5 Å². The van der Waals surface area contributed by atoms with Crippen molar-refractivity contribution in [3.63, 3.8) is 0 Å². The highest BCUT2D eigenvalue weighted by Gasteiger charge is 2.26. The molecule has 1 atom stereocenters. The van der Waals surface area contributed by atoms with Crippen molar-refractivity contribution in [2.45, 2.75) is 65.0 Å². The van der Waals surface area contributed by atoms with Crippen molar-refractivity contribution >= 4 is 23.9 Å². The minimum absolute atomic E-state index is 0.148. The van der Waals surface area contributed by atoms with Crippen LogP contribution in [0, 0.1) is 0 Å². The fraction of sp³-hybridized carbons (Fsp3) is 0.714. The van der Waals surface area contributed by atoms with Crippen LogP contribution in [0.2, 0.25) is 0 Å². The van der Waals surface area contributed by atoms with Gasteiger partial charge in [0.15, 0.2) is 0 Å². The molecule has 132 valence electrons. The molecule has 1 aliphatic heterocycles. The van der Waals surface area contributed by atoms with Gasteiger partial charge in [0.2, 0.25) is 0 Å². The number of ether oxygens (including phenoxy) is 1. The number of amides is 3. The standard InChI is InChI=1S/C10H19NO4.C4H5NO3/c1-5-6-7(8(12)13)11-9(14)15-10(2,3)4;6-3-1-2-4(7)5(3)8/h7H,5-6H2,1-4H3,(H,11,14)(H,12,13);8H,1-2H2/t7-;/m0./s1. The van der Waals surface area contributed by atoms with Crippen LogP contribution in [0.4, 0.5) is 4.79 Å². The van der Waals surface area contributed by atoms with Crippen LogP contribution in [-0.4, -0.2) is 50.9 Å². The van der Waals surface area contributed by atoms with Gasteiger partial charge >= 0.3 is 12.1 Å². The van der Waals surface area contributed by atoms with Crippen LogP contribution >= 0.6 is 0 Å². The Morgan fingerprint density at radius 3 is 2.00 bits per heavy atom. The molecule has 0 bridgehead atoms. The predicted molar refractivity (Wildman–Crippen MR) is 78.6 cm³/mol. The van der Waals surface area contributed by atoms with Crippen LogP contribution < -0.4 is 5.32 Å². The number of rotatable bonds is 4. The molecule has 1 heterocycles. The molecule has 0 spiro atoms. The second-order valence-electron chi connectivity index (χ2n) is 5.93. The average molecular weight is 332 g/mol. The number of hydrogen-bond acceptors (Lipinski definition) is 6. The van der Waals surface area contributed by atoms with Gasteiger partial charge in [0.25, 0.3) is 11.8 Å². The van der Waals surface area contributed by atoms with Gasteiger partial charge in [-0.1, -0.05) is 13.3 Å². The van der Waals surface area contributed by atoms with Gasteiger partial charge in [-0.3, -0.25) is 14.8 Å². The number of hydrogen-bond donors (Lipinski definition) is 3. The van der Waals surface area contributed by atoms with E-state index in [1.807, 2.05) is 6.92 Å². The Labute approximate surface area is 134 Å². The molecule has 0 aliphatic carbocycles. The van der Waals surface area contributed by atoms with Crippen molar-refractivity contribution < 1.29 is 34.2 Å². The Balaban J connectivity index is 0.000000502. The number of nitrogens with one attached hydrogen (secondary N) is 1. The van der Waals surface area contributed by atoms with Gasteiger partial charge in [-0.15, -0.1) is 0 Å². The molecule has 9 nitrogen and oxygen atoms in total. The molecule has 0 radical (unpaired) electrons. The number of carbonyl (C=O) groups is 4. The monoisotopic (exact) mass is 332 g/mol. The van der Waals surface area contributed by atoms with Gasteiger partial charge in [0.05, 0.1) is 0 Å². The maximum Gasteiger partial charge on any atom is 0.408 e. The molecule has 1 aliphatic rings. The zero-order valence-electron chi connectivity index (χ0n) is 13.8. The Bertz CT molecular complexity index is 441. The first-order valence-corrected chi connectivity index (χ1v) is 7.25. The number of hydroxylamine groups is 2. The summed E-state index contributed by atoms with van der Waals surface area (Å²) < 4.78 is 4.95. The molecule has 0 saturated carbocycles. The first kappa shape index (κ1) is 20.8. The molecule has 23 heavy (non-hydrogen) atoms. The summed E-state index contributed by atoms with van der Waals surface area (Å²) in [6, 6.07) is -0.871. The predicted octanol–water partition coefficient (Wildman–Crippen LogP) is 1.29. The van der Waals surface area contributed by atoms with E-state index in [1.54, 1.807) is 20.8 Å². The molecular weight excluding hydrogens is 308 g/mol. The van der Waals surface area contributed by atoms with Crippen LogP contribution in [0.5, 0.6) is 0 Å². The zero-order chi connectivity index (χ0) is 18.2. The Morgan fingerprint density at radius 2 is 1.74 bits per heavy atom. The highest BCUT2D eigenvalue weighted by molar-refractivity contribution is 6.00. The number of imide groups is 1. The number of carboxylic acids is 1. The largest absolute Gasteiger partial charge is 0.480 e. The number of carboxylic acid groups (broad SMARTS) is 1. The van der Waals surface area contributed by atoms with Crippen molar-refractivity contribution in [2.24, 2.45) is 0 Å². The number of nitrogens with zero attached hydrogens (tertiary/aromatic N) is 1. The fourth-order valence-corrected chi connectivity index (χ4v) is 1.56. The molecule has 0 aromatic heterocycles. The maximum absolute atomic E-state index is 11.3. The molecule has 9 heteroatoms. The fourth-order valence-electron chi connectivity index (χ4n) is 1.56. The Kier molecular flexibility index (Phi) is 8.23. The summed E-state index contributed by atoms with van der Waals surface area (Å²) >= 11 is 0. The van der Waals surface area contributed by atoms with E-state index in [2.05, 4.69) is 5.32 Å². The quantitative estimate of drug-likeness (QED) is 0.521. The topological polar surface area (TPSA) is 133 Å². The van der Waals surface area contributed by atoms with Crippen LogP contribution in [0.15, 0.2) is 0 Å². The highest BCUT2D eigenvalue weighted by Crippen LogP contribution is 2.08. The van der Waals surface area contributed by atoms with E-state index in [9.17, 15) is 19.2 Å². The molecule has 1 rings (SSSR count). The van der Waals surface area contributed by atoms with E-state index in [0.717, 1.165) is 0 Å². The lowest BCUT2D eigenvalue weighted by molar-refractivity contribution is -0.171. The summed E-state index contributed by atoms with van der Waals surface area (Å²) in [5.74, 6) is -2.05.